The molecule has 1 N–H and O–H groups in total. The number of hydrogen-bond donors (Lipinski definition) is 1. The Balaban J connectivity index is 2.41. The van der Waals surface area contributed by atoms with E-state index in [0.717, 1.165) is 3.57 Å². The van der Waals surface area contributed by atoms with E-state index in [9.17, 15) is 9.59 Å². The average molecular weight is 318 g/mol. The lowest BCUT2D eigenvalue weighted by Crippen LogP contribution is -2.33. The number of halogens is 1. The van der Waals surface area contributed by atoms with E-state index in [-0.39, 0.29) is 12.2 Å². The molecule has 1 aromatic rings. The molecule has 5 heteroatoms. The third-order valence-electron chi connectivity index (χ3n) is 2.16. The third-order valence-corrected chi connectivity index (χ3v) is 2.83. The number of Topliss-reactive ketones (excluding diaryl/α,β-unsaturated/α-hetero) is 1. The van der Waals surface area contributed by atoms with Gasteiger partial charge < -0.3 is 9.84 Å². The summed E-state index contributed by atoms with van der Waals surface area (Å²) in [6.45, 7) is 0. The Morgan fingerprint density at radius 3 is 2.93 bits per heavy atom. The van der Waals surface area contributed by atoms with Gasteiger partial charge in [0, 0.05) is 3.57 Å². The van der Waals surface area contributed by atoms with Gasteiger partial charge in [-0.05, 0) is 40.8 Å². The molecule has 0 saturated heterocycles. The largest absolute Gasteiger partial charge is 0.478 e. The van der Waals surface area contributed by atoms with Gasteiger partial charge >= 0.3 is 5.97 Å². The highest BCUT2D eigenvalue weighted by atomic mass is 127. The molecule has 1 unspecified atom stereocenters. The first-order chi connectivity index (χ1) is 7.08. The van der Waals surface area contributed by atoms with Gasteiger partial charge in [-0.3, -0.25) is 4.79 Å². The van der Waals surface area contributed by atoms with E-state index in [1.807, 2.05) is 0 Å². The number of ether oxygens (including phenoxy) is 1. The van der Waals surface area contributed by atoms with Crippen LogP contribution in [0.1, 0.15) is 16.8 Å². The Hall–Kier alpha value is -1.11. The average Bonchev–Trinajstić information content (AvgIpc) is 2.16. The van der Waals surface area contributed by atoms with E-state index in [1.54, 1.807) is 18.2 Å². The van der Waals surface area contributed by atoms with Crippen molar-refractivity contribution in [1.82, 2.24) is 0 Å². The fourth-order valence-corrected chi connectivity index (χ4v) is 1.90. The molecule has 4 nitrogen and oxygen atoms in total. The monoisotopic (exact) mass is 318 g/mol. The number of carbonyl (C=O) groups is 2. The number of hydrogen-bond acceptors (Lipinski definition) is 3. The van der Waals surface area contributed by atoms with Gasteiger partial charge in [-0.1, -0.05) is 0 Å². The van der Waals surface area contributed by atoms with Crippen molar-refractivity contribution in [3.05, 3.63) is 27.3 Å². The second-order valence-electron chi connectivity index (χ2n) is 3.21. The number of carboxylic acids is 1. The van der Waals surface area contributed by atoms with Gasteiger partial charge in [-0.25, -0.2) is 4.79 Å². The highest BCUT2D eigenvalue weighted by molar-refractivity contribution is 14.1. The summed E-state index contributed by atoms with van der Waals surface area (Å²) < 4.78 is 6.13. The van der Waals surface area contributed by atoms with E-state index in [2.05, 4.69) is 22.6 Å². The van der Waals surface area contributed by atoms with E-state index >= 15 is 0 Å². The smallest absolute Gasteiger partial charge is 0.345 e. The molecule has 1 atom stereocenters. The fraction of sp³-hybridized carbons (Fsp3) is 0.200. The van der Waals surface area contributed by atoms with Crippen molar-refractivity contribution in [3.8, 4) is 5.75 Å². The summed E-state index contributed by atoms with van der Waals surface area (Å²) in [7, 11) is 0. The predicted molar refractivity (Wildman–Crippen MR) is 60.2 cm³/mol. The Bertz CT molecular complexity index is 441. The summed E-state index contributed by atoms with van der Waals surface area (Å²) in [6, 6.07) is 5.13. The normalized spacial score (nSPS) is 19.3. The maximum Gasteiger partial charge on any atom is 0.345 e. The molecular weight excluding hydrogens is 311 g/mol. The van der Waals surface area contributed by atoms with Crippen LogP contribution in [0.2, 0.25) is 0 Å². The third kappa shape index (κ3) is 1.97. The summed E-state index contributed by atoms with van der Waals surface area (Å²) >= 11 is 2.08. The van der Waals surface area contributed by atoms with Gasteiger partial charge in [0.1, 0.15) is 5.75 Å². The Kier molecular flexibility index (Phi) is 2.64. The second-order valence-corrected chi connectivity index (χ2v) is 4.46. The molecule has 0 saturated carbocycles. The number of fused-ring (bicyclic) bond motifs is 1. The molecule has 1 aromatic carbocycles. The fourth-order valence-electron chi connectivity index (χ4n) is 1.44. The molecular formula is C10H7IO4. The first-order valence-corrected chi connectivity index (χ1v) is 5.38. The lowest BCUT2D eigenvalue weighted by molar-refractivity contribution is -0.145. The molecule has 0 amide bonds. The lowest BCUT2D eigenvalue weighted by Gasteiger charge is -2.22. The van der Waals surface area contributed by atoms with Gasteiger partial charge in [-0.15, -0.1) is 0 Å². The van der Waals surface area contributed by atoms with E-state index < -0.39 is 12.1 Å². The van der Waals surface area contributed by atoms with Crippen LogP contribution >= 0.6 is 22.6 Å². The second kappa shape index (κ2) is 3.80. The Labute approximate surface area is 99.4 Å². The quantitative estimate of drug-likeness (QED) is 0.801. The lowest BCUT2D eigenvalue weighted by atomic mass is 10.0. The molecule has 1 aliphatic rings. The zero-order chi connectivity index (χ0) is 11.0. The summed E-state index contributed by atoms with van der Waals surface area (Å²) in [6.07, 6.45) is -1.15. The summed E-state index contributed by atoms with van der Waals surface area (Å²) in [4.78, 5) is 22.3. The number of carboxylic acid groups (broad SMARTS) is 1. The van der Waals surface area contributed by atoms with Crippen molar-refractivity contribution in [1.29, 1.82) is 0 Å². The Morgan fingerprint density at radius 1 is 1.53 bits per heavy atom. The van der Waals surface area contributed by atoms with Gasteiger partial charge in [0.05, 0.1) is 12.0 Å². The molecule has 1 aliphatic heterocycles. The zero-order valence-electron chi connectivity index (χ0n) is 7.57. The molecule has 0 fully saturated rings. The highest BCUT2D eigenvalue weighted by Crippen LogP contribution is 2.29. The highest BCUT2D eigenvalue weighted by Gasteiger charge is 2.31. The Morgan fingerprint density at radius 2 is 2.27 bits per heavy atom. The van der Waals surface area contributed by atoms with Crippen LogP contribution in [-0.2, 0) is 4.79 Å². The van der Waals surface area contributed by atoms with Crippen LogP contribution in [0.25, 0.3) is 0 Å². The molecule has 0 aromatic heterocycles. The summed E-state index contributed by atoms with van der Waals surface area (Å²) in [5.74, 6) is -0.918. The number of rotatable bonds is 1. The molecule has 0 radical (unpaired) electrons. The minimum absolute atomic E-state index is 0.0943. The van der Waals surface area contributed by atoms with Crippen molar-refractivity contribution >= 4 is 34.3 Å². The van der Waals surface area contributed by atoms with Gasteiger partial charge in [0.15, 0.2) is 5.78 Å². The molecule has 78 valence electrons. The molecule has 0 spiro atoms. The standard InChI is InChI=1S/C10H7IO4/c11-5-1-2-6-7(12)4-9(10(13)14)15-8(6)3-5/h1-3,9H,4H2,(H,13,14). The van der Waals surface area contributed by atoms with Crippen LogP contribution < -0.4 is 4.74 Å². The van der Waals surface area contributed by atoms with Crippen LogP contribution in [0, 0.1) is 3.57 Å². The maximum absolute atomic E-state index is 11.6. The van der Waals surface area contributed by atoms with E-state index in [1.165, 1.54) is 0 Å². The number of benzene rings is 1. The van der Waals surface area contributed by atoms with Crippen molar-refractivity contribution in [3.63, 3.8) is 0 Å². The predicted octanol–water partition coefficient (Wildman–Crippen LogP) is 1.71. The molecule has 15 heavy (non-hydrogen) atoms. The van der Waals surface area contributed by atoms with Crippen LogP contribution in [0.4, 0.5) is 0 Å². The first-order valence-electron chi connectivity index (χ1n) is 4.30. The minimum Gasteiger partial charge on any atom is -0.478 e. The van der Waals surface area contributed by atoms with Crippen LogP contribution in [0.15, 0.2) is 18.2 Å². The van der Waals surface area contributed by atoms with Crippen LogP contribution in [-0.4, -0.2) is 23.0 Å². The van der Waals surface area contributed by atoms with Crippen molar-refractivity contribution in [2.75, 3.05) is 0 Å². The zero-order valence-corrected chi connectivity index (χ0v) is 9.72. The molecule has 0 aliphatic carbocycles. The molecule has 2 rings (SSSR count). The number of aliphatic carboxylic acids is 1. The molecule has 0 bridgehead atoms. The number of ketones is 1. The molecule has 1 heterocycles. The van der Waals surface area contributed by atoms with Gasteiger partial charge in [0.2, 0.25) is 6.10 Å². The summed E-state index contributed by atoms with van der Waals surface area (Å²) in [5, 5.41) is 8.77. The summed E-state index contributed by atoms with van der Waals surface area (Å²) in [5.41, 5.74) is 0.466. The van der Waals surface area contributed by atoms with E-state index in [0.29, 0.717) is 11.3 Å². The van der Waals surface area contributed by atoms with E-state index in [4.69, 9.17) is 9.84 Å². The van der Waals surface area contributed by atoms with Gasteiger partial charge in [0.25, 0.3) is 0 Å². The van der Waals surface area contributed by atoms with Crippen LogP contribution in [0.5, 0.6) is 5.75 Å². The van der Waals surface area contributed by atoms with Crippen LogP contribution in [0.3, 0.4) is 0 Å². The van der Waals surface area contributed by atoms with Gasteiger partial charge in [-0.2, -0.15) is 0 Å². The van der Waals surface area contributed by atoms with Crippen molar-refractivity contribution < 1.29 is 19.4 Å². The van der Waals surface area contributed by atoms with Crippen molar-refractivity contribution in [2.24, 2.45) is 0 Å². The first kappa shape index (κ1) is 10.4. The maximum atomic E-state index is 11.6. The topological polar surface area (TPSA) is 63.6 Å². The minimum atomic E-state index is -1.10. The number of carbonyl (C=O) groups excluding carboxylic acids is 1. The van der Waals surface area contributed by atoms with Crippen molar-refractivity contribution in [2.45, 2.75) is 12.5 Å². The SMILES string of the molecule is O=C1CC(C(=O)O)Oc2cc(I)ccc21.